The van der Waals surface area contributed by atoms with E-state index < -0.39 is 5.92 Å². The predicted octanol–water partition coefficient (Wildman–Crippen LogP) is 4.29. The van der Waals surface area contributed by atoms with Crippen LogP contribution in [-0.2, 0) is 11.8 Å². The van der Waals surface area contributed by atoms with Gasteiger partial charge in [0.1, 0.15) is 5.75 Å². The van der Waals surface area contributed by atoms with E-state index in [1.165, 1.54) is 0 Å². The molecule has 4 nitrogen and oxygen atoms in total. The Morgan fingerprint density at radius 1 is 1.12 bits per heavy atom. The molecule has 1 aliphatic rings. The fourth-order valence-electron chi connectivity index (χ4n) is 3.38. The van der Waals surface area contributed by atoms with Crippen molar-refractivity contribution in [1.82, 2.24) is 4.57 Å². The number of pyridine rings is 1. The summed E-state index contributed by atoms with van der Waals surface area (Å²) in [4.78, 5) is 25.2. The summed E-state index contributed by atoms with van der Waals surface area (Å²) in [5, 5.41) is 1.65. The van der Waals surface area contributed by atoms with Gasteiger partial charge in [0.25, 0.3) is 5.56 Å². The molecule has 0 saturated carbocycles. The zero-order valence-corrected chi connectivity index (χ0v) is 14.8. The van der Waals surface area contributed by atoms with Crippen LogP contribution in [0.25, 0.3) is 10.9 Å². The van der Waals surface area contributed by atoms with E-state index in [-0.39, 0.29) is 17.9 Å². The Labute approximate surface area is 153 Å². The first-order valence-electron chi connectivity index (χ1n) is 7.74. The number of nitrogens with zero attached hydrogens (tertiary/aromatic N) is 1. The minimum Gasteiger partial charge on any atom is -0.425 e. The Morgan fingerprint density at radius 2 is 1.88 bits per heavy atom. The van der Waals surface area contributed by atoms with Crippen LogP contribution in [0, 0.1) is 0 Å². The topological polar surface area (TPSA) is 48.3 Å². The number of esters is 1. The minimum atomic E-state index is -0.468. The highest BCUT2D eigenvalue weighted by molar-refractivity contribution is 6.35. The molecule has 0 spiro atoms. The molecule has 4 rings (SSSR count). The quantitative estimate of drug-likeness (QED) is 0.597. The molecule has 0 radical (unpaired) electrons. The number of benzene rings is 2. The Morgan fingerprint density at radius 3 is 2.64 bits per heavy atom. The molecule has 3 aromatic rings. The van der Waals surface area contributed by atoms with Crippen molar-refractivity contribution in [3.05, 3.63) is 74.0 Å². The number of carbonyl (C=O) groups is 1. The number of ether oxygens (including phenoxy) is 1. The fourth-order valence-corrected chi connectivity index (χ4v) is 3.92. The van der Waals surface area contributed by atoms with E-state index in [9.17, 15) is 9.59 Å². The van der Waals surface area contributed by atoms with Crippen molar-refractivity contribution < 1.29 is 9.53 Å². The van der Waals surface area contributed by atoms with Gasteiger partial charge in [-0.3, -0.25) is 9.59 Å². The predicted molar refractivity (Wildman–Crippen MR) is 97.7 cm³/mol. The van der Waals surface area contributed by atoms with Crippen molar-refractivity contribution in [1.29, 1.82) is 0 Å². The van der Waals surface area contributed by atoms with Crippen molar-refractivity contribution in [2.45, 2.75) is 12.3 Å². The first kappa shape index (κ1) is 16.2. The smallest absolute Gasteiger partial charge is 0.312 e. The van der Waals surface area contributed by atoms with Gasteiger partial charge in [-0.2, -0.15) is 0 Å². The molecule has 25 heavy (non-hydrogen) atoms. The summed E-state index contributed by atoms with van der Waals surface area (Å²) < 4.78 is 7.05. The lowest BCUT2D eigenvalue weighted by molar-refractivity contribution is -0.135. The molecule has 2 aromatic carbocycles. The van der Waals surface area contributed by atoms with E-state index in [0.717, 1.165) is 5.39 Å². The number of hydrogen-bond donors (Lipinski definition) is 0. The van der Waals surface area contributed by atoms with Crippen LogP contribution in [0.2, 0.25) is 10.0 Å². The normalized spacial score (nSPS) is 16.6. The van der Waals surface area contributed by atoms with Crippen molar-refractivity contribution >= 4 is 40.1 Å². The Hall–Kier alpha value is -2.30. The monoisotopic (exact) mass is 373 g/mol. The van der Waals surface area contributed by atoms with E-state index >= 15 is 0 Å². The fraction of sp³-hybridized carbons (Fsp3) is 0.158. The summed E-state index contributed by atoms with van der Waals surface area (Å²) in [6.07, 6.45) is 0.0575. The van der Waals surface area contributed by atoms with E-state index in [4.69, 9.17) is 27.9 Å². The first-order valence-corrected chi connectivity index (χ1v) is 8.50. The molecule has 1 aromatic heterocycles. The van der Waals surface area contributed by atoms with Gasteiger partial charge in [-0.05, 0) is 29.8 Å². The zero-order valence-electron chi connectivity index (χ0n) is 13.3. The lowest BCUT2D eigenvalue weighted by Gasteiger charge is -2.26. The Bertz CT molecular complexity index is 1090. The zero-order chi connectivity index (χ0) is 17.7. The maximum absolute atomic E-state index is 13.0. The third kappa shape index (κ3) is 2.53. The van der Waals surface area contributed by atoms with Gasteiger partial charge in [-0.15, -0.1) is 0 Å². The van der Waals surface area contributed by atoms with Crippen LogP contribution >= 0.6 is 23.2 Å². The Balaban J connectivity index is 2.07. The van der Waals surface area contributed by atoms with Gasteiger partial charge < -0.3 is 9.30 Å². The third-order valence-corrected chi connectivity index (χ3v) is 5.13. The van der Waals surface area contributed by atoms with Crippen LogP contribution in [0.4, 0.5) is 0 Å². The minimum absolute atomic E-state index is 0.0575. The molecule has 0 saturated heterocycles. The second kappa shape index (κ2) is 5.90. The SMILES string of the molecule is Cn1c(=O)c2c(c3ccccc31)OC(=O)CC2c1ccc(Cl)cc1Cl. The summed E-state index contributed by atoms with van der Waals surface area (Å²) in [6, 6.07) is 12.4. The van der Waals surface area contributed by atoms with Crippen molar-refractivity contribution in [3.8, 4) is 5.75 Å². The molecule has 0 bridgehead atoms. The number of halogens is 2. The van der Waals surface area contributed by atoms with Crippen LogP contribution < -0.4 is 10.3 Å². The molecule has 1 aliphatic heterocycles. The maximum Gasteiger partial charge on any atom is 0.312 e. The maximum atomic E-state index is 13.0. The van der Waals surface area contributed by atoms with Crippen molar-refractivity contribution in [3.63, 3.8) is 0 Å². The average Bonchev–Trinajstić information content (AvgIpc) is 2.59. The van der Waals surface area contributed by atoms with Crippen LogP contribution in [0.5, 0.6) is 5.75 Å². The van der Waals surface area contributed by atoms with Crippen molar-refractivity contribution in [2.75, 3.05) is 0 Å². The molecule has 1 unspecified atom stereocenters. The van der Waals surface area contributed by atoms with Crippen LogP contribution in [-0.4, -0.2) is 10.5 Å². The number of rotatable bonds is 1. The molecule has 0 N–H and O–H groups in total. The van der Waals surface area contributed by atoms with Gasteiger partial charge in [-0.25, -0.2) is 0 Å². The summed E-state index contributed by atoms with van der Waals surface area (Å²) in [5.74, 6) is -0.530. The lowest BCUT2D eigenvalue weighted by Crippen LogP contribution is -2.31. The molecule has 2 heterocycles. The second-order valence-electron chi connectivity index (χ2n) is 6.02. The molecule has 6 heteroatoms. The number of para-hydroxylation sites is 1. The molecule has 0 aliphatic carbocycles. The van der Waals surface area contributed by atoms with Gasteiger partial charge >= 0.3 is 5.97 Å². The summed E-state index contributed by atoms with van der Waals surface area (Å²) in [7, 11) is 1.71. The average molecular weight is 374 g/mol. The van der Waals surface area contributed by atoms with Crippen LogP contribution in [0.1, 0.15) is 23.5 Å². The number of carbonyl (C=O) groups excluding carboxylic acids is 1. The van der Waals surface area contributed by atoms with E-state index in [1.54, 1.807) is 29.8 Å². The van der Waals surface area contributed by atoms with Gasteiger partial charge in [0, 0.05) is 28.4 Å². The number of aryl methyl sites for hydroxylation is 1. The molecule has 0 fully saturated rings. The van der Waals surface area contributed by atoms with Crippen LogP contribution in [0.15, 0.2) is 47.3 Å². The summed E-state index contributed by atoms with van der Waals surface area (Å²) >= 11 is 12.3. The molecular formula is C19H13Cl2NO3. The van der Waals surface area contributed by atoms with E-state index in [0.29, 0.717) is 32.4 Å². The molecular weight excluding hydrogens is 361 g/mol. The third-order valence-electron chi connectivity index (χ3n) is 4.56. The van der Waals surface area contributed by atoms with E-state index in [1.807, 2.05) is 24.3 Å². The molecule has 126 valence electrons. The molecule has 0 amide bonds. The van der Waals surface area contributed by atoms with Gasteiger partial charge in [0.05, 0.1) is 17.5 Å². The number of hydrogen-bond acceptors (Lipinski definition) is 3. The summed E-state index contributed by atoms with van der Waals surface area (Å²) in [5.41, 5.74) is 1.65. The van der Waals surface area contributed by atoms with Gasteiger partial charge in [0.15, 0.2) is 0 Å². The van der Waals surface area contributed by atoms with Crippen LogP contribution in [0.3, 0.4) is 0 Å². The number of aromatic nitrogens is 1. The standard InChI is InChI=1S/C19H13Cl2NO3/c1-22-15-5-3-2-4-12(15)18-17(19(22)24)13(9-16(23)25-18)11-7-6-10(20)8-14(11)21/h2-8,13H,9H2,1H3. The Kier molecular flexibility index (Phi) is 3.82. The highest BCUT2D eigenvalue weighted by atomic mass is 35.5. The number of fused-ring (bicyclic) bond motifs is 3. The molecule has 1 atom stereocenters. The van der Waals surface area contributed by atoms with Crippen molar-refractivity contribution in [2.24, 2.45) is 7.05 Å². The van der Waals surface area contributed by atoms with Gasteiger partial charge in [-0.1, -0.05) is 41.4 Å². The van der Waals surface area contributed by atoms with E-state index in [2.05, 4.69) is 0 Å². The second-order valence-corrected chi connectivity index (χ2v) is 6.86. The highest BCUT2D eigenvalue weighted by Gasteiger charge is 2.34. The highest BCUT2D eigenvalue weighted by Crippen LogP contribution is 2.42. The lowest BCUT2D eigenvalue weighted by atomic mass is 9.86. The largest absolute Gasteiger partial charge is 0.425 e. The summed E-state index contributed by atoms with van der Waals surface area (Å²) in [6.45, 7) is 0. The first-order chi connectivity index (χ1) is 12.0. The van der Waals surface area contributed by atoms with Gasteiger partial charge in [0.2, 0.25) is 0 Å².